The first kappa shape index (κ1) is 20.2. The van der Waals surface area contributed by atoms with Gasteiger partial charge in [-0.05, 0) is 18.2 Å². The summed E-state index contributed by atoms with van der Waals surface area (Å²) in [5.74, 6) is 0.643. The highest BCUT2D eigenvalue weighted by molar-refractivity contribution is 6.06. The summed E-state index contributed by atoms with van der Waals surface area (Å²) in [4.78, 5) is 40.0. The summed E-state index contributed by atoms with van der Waals surface area (Å²) >= 11 is 0. The van der Waals surface area contributed by atoms with Crippen molar-refractivity contribution in [3.05, 3.63) is 62.8 Å². The highest BCUT2D eigenvalue weighted by Gasteiger charge is 2.12. The summed E-state index contributed by atoms with van der Waals surface area (Å²) < 4.78 is 16.4. The summed E-state index contributed by atoms with van der Waals surface area (Å²) in [6, 6.07) is 9.49. The molecule has 0 atom stereocenters. The number of aromatic nitrogens is 2. The van der Waals surface area contributed by atoms with E-state index in [9.17, 15) is 14.4 Å². The normalized spacial score (nSPS) is 10.7. The smallest absolute Gasteiger partial charge is 0.328 e. The molecule has 0 bridgehead atoms. The van der Waals surface area contributed by atoms with Crippen LogP contribution in [-0.2, 0) is 11.3 Å². The Morgan fingerprint density at radius 3 is 2.34 bits per heavy atom. The maximum absolute atomic E-state index is 12.7. The highest BCUT2D eigenvalue weighted by atomic mass is 16.5. The first-order valence-electron chi connectivity index (χ1n) is 8.77. The lowest BCUT2D eigenvalue weighted by molar-refractivity contribution is 0.102. The van der Waals surface area contributed by atoms with Gasteiger partial charge in [-0.15, -0.1) is 0 Å². The minimum absolute atomic E-state index is 0.139. The van der Waals surface area contributed by atoms with E-state index in [0.29, 0.717) is 22.6 Å². The van der Waals surface area contributed by atoms with Crippen molar-refractivity contribution in [1.82, 2.24) is 9.55 Å². The molecule has 0 aliphatic carbocycles. The Morgan fingerprint density at radius 1 is 1.03 bits per heavy atom. The number of rotatable bonds is 7. The Balaban J connectivity index is 1.93. The molecule has 0 radical (unpaired) electrons. The van der Waals surface area contributed by atoms with Gasteiger partial charge < -0.3 is 24.5 Å². The van der Waals surface area contributed by atoms with Crippen molar-refractivity contribution in [3.63, 3.8) is 0 Å². The van der Waals surface area contributed by atoms with Gasteiger partial charge in [0.1, 0.15) is 11.5 Å². The Hall–Kier alpha value is -3.59. The number of ether oxygens (including phenoxy) is 3. The zero-order valence-electron chi connectivity index (χ0n) is 16.3. The molecule has 0 aliphatic rings. The first-order chi connectivity index (χ1) is 14.0. The molecule has 1 heterocycles. The average molecular weight is 399 g/mol. The number of carbonyl (C=O) groups is 1. The number of anilines is 1. The van der Waals surface area contributed by atoms with Crippen molar-refractivity contribution in [3.8, 4) is 11.5 Å². The summed E-state index contributed by atoms with van der Waals surface area (Å²) in [7, 11) is 4.52. The molecule has 0 saturated carbocycles. The van der Waals surface area contributed by atoms with Crippen LogP contribution in [-0.4, -0.2) is 43.4 Å². The van der Waals surface area contributed by atoms with E-state index in [1.165, 1.54) is 39.5 Å². The highest BCUT2D eigenvalue weighted by Crippen LogP contribution is 2.26. The molecule has 0 fully saturated rings. The van der Waals surface area contributed by atoms with Gasteiger partial charge in [0.25, 0.3) is 11.5 Å². The van der Waals surface area contributed by atoms with Gasteiger partial charge in [-0.2, -0.15) is 0 Å². The van der Waals surface area contributed by atoms with Crippen LogP contribution in [0.3, 0.4) is 0 Å². The monoisotopic (exact) mass is 399 g/mol. The van der Waals surface area contributed by atoms with Crippen molar-refractivity contribution < 1.29 is 19.0 Å². The van der Waals surface area contributed by atoms with Gasteiger partial charge >= 0.3 is 5.69 Å². The molecule has 0 aliphatic heterocycles. The lowest BCUT2D eigenvalue weighted by atomic mass is 10.1. The second kappa shape index (κ2) is 8.61. The van der Waals surface area contributed by atoms with Crippen LogP contribution in [0.2, 0.25) is 0 Å². The number of hydrogen-bond donors (Lipinski definition) is 2. The van der Waals surface area contributed by atoms with Crippen molar-refractivity contribution in [2.45, 2.75) is 6.54 Å². The second-order valence-electron chi connectivity index (χ2n) is 6.20. The summed E-state index contributed by atoms with van der Waals surface area (Å²) in [6.07, 6.45) is 0. The number of methoxy groups -OCH3 is 3. The van der Waals surface area contributed by atoms with Crippen LogP contribution in [0.25, 0.3) is 10.9 Å². The molecule has 152 valence electrons. The molecule has 3 aromatic rings. The number of nitrogens with one attached hydrogen (secondary N) is 2. The number of H-pyrrole nitrogens is 1. The predicted octanol–water partition coefficient (Wildman–Crippen LogP) is 1.61. The largest absolute Gasteiger partial charge is 0.497 e. The molecule has 2 aromatic carbocycles. The lowest BCUT2D eigenvalue weighted by Gasteiger charge is -2.11. The molecule has 1 aromatic heterocycles. The Labute approximate surface area is 165 Å². The molecule has 9 nitrogen and oxygen atoms in total. The van der Waals surface area contributed by atoms with Crippen molar-refractivity contribution in [1.29, 1.82) is 0 Å². The molecule has 2 N–H and O–H groups in total. The number of benzene rings is 2. The van der Waals surface area contributed by atoms with Gasteiger partial charge in [0.2, 0.25) is 0 Å². The fourth-order valence-corrected chi connectivity index (χ4v) is 2.86. The van der Waals surface area contributed by atoms with Crippen molar-refractivity contribution in [2.24, 2.45) is 0 Å². The van der Waals surface area contributed by atoms with Crippen LogP contribution in [0.1, 0.15) is 10.4 Å². The van der Waals surface area contributed by atoms with E-state index in [1.54, 1.807) is 18.2 Å². The van der Waals surface area contributed by atoms with Gasteiger partial charge in [-0.3, -0.25) is 14.2 Å². The number of fused-ring (bicyclic) bond motifs is 1. The molecular formula is C20H21N3O6. The minimum atomic E-state index is -0.561. The zero-order chi connectivity index (χ0) is 21.0. The van der Waals surface area contributed by atoms with Gasteiger partial charge in [0.05, 0.1) is 38.3 Å². The maximum Gasteiger partial charge on any atom is 0.328 e. The van der Waals surface area contributed by atoms with Crippen molar-refractivity contribution >= 4 is 22.5 Å². The van der Waals surface area contributed by atoms with Gasteiger partial charge in [-0.1, -0.05) is 0 Å². The fourth-order valence-electron chi connectivity index (χ4n) is 2.86. The Morgan fingerprint density at radius 2 is 1.72 bits per heavy atom. The predicted molar refractivity (Wildman–Crippen MR) is 108 cm³/mol. The minimum Gasteiger partial charge on any atom is -0.497 e. The molecule has 9 heteroatoms. The maximum atomic E-state index is 12.7. The summed E-state index contributed by atoms with van der Waals surface area (Å²) in [5.41, 5.74) is 0.0446. The van der Waals surface area contributed by atoms with Crippen LogP contribution >= 0.6 is 0 Å². The molecule has 0 unspecified atom stereocenters. The van der Waals surface area contributed by atoms with Crippen LogP contribution in [0, 0.1) is 0 Å². The average Bonchev–Trinajstić information content (AvgIpc) is 2.72. The van der Waals surface area contributed by atoms with E-state index < -0.39 is 17.2 Å². The van der Waals surface area contributed by atoms with Gasteiger partial charge in [0, 0.05) is 36.6 Å². The van der Waals surface area contributed by atoms with E-state index in [0.717, 1.165) is 4.57 Å². The van der Waals surface area contributed by atoms with Crippen LogP contribution in [0.4, 0.5) is 5.69 Å². The zero-order valence-corrected chi connectivity index (χ0v) is 16.3. The number of aromatic amines is 1. The third-order valence-electron chi connectivity index (χ3n) is 4.37. The van der Waals surface area contributed by atoms with Gasteiger partial charge in [-0.25, -0.2) is 4.79 Å². The van der Waals surface area contributed by atoms with Crippen molar-refractivity contribution in [2.75, 3.05) is 33.3 Å². The number of carbonyl (C=O) groups excluding carboxylic acids is 1. The number of hydrogen-bond acceptors (Lipinski definition) is 6. The van der Waals surface area contributed by atoms with E-state index in [2.05, 4.69) is 10.3 Å². The quantitative estimate of drug-likeness (QED) is 0.624. The van der Waals surface area contributed by atoms with E-state index in [1.807, 2.05) is 0 Å². The molecule has 0 spiro atoms. The fraction of sp³-hybridized carbons (Fsp3) is 0.250. The number of amides is 1. The lowest BCUT2D eigenvalue weighted by Crippen LogP contribution is -2.36. The standard InChI is InChI=1S/C20H21N3O6/c1-27-7-6-23-19(25)16-5-4-12(8-17(16)22-20(23)26)18(24)21-13-9-14(28-2)11-15(10-13)29-3/h4-5,8-11H,6-7H2,1-3H3,(H,21,24)(H,22,26). The molecule has 0 saturated heterocycles. The molecular weight excluding hydrogens is 378 g/mol. The first-order valence-corrected chi connectivity index (χ1v) is 8.77. The third kappa shape index (κ3) is 4.30. The number of nitrogens with zero attached hydrogens (tertiary/aromatic N) is 1. The van der Waals surface area contributed by atoms with E-state index >= 15 is 0 Å². The van der Waals surface area contributed by atoms with E-state index in [-0.39, 0.29) is 24.2 Å². The van der Waals surface area contributed by atoms with Crippen LogP contribution in [0.5, 0.6) is 11.5 Å². The Bertz CT molecular complexity index is 1140. The third-order valence-corrected chi connectivity index (χ3v) is 4.37. The summed E-state index contributed by atoms with van der Waals surface area (Å²) in [5, 5.41) is 3.06. The molecule has 3 rings (SSSR count). The second-order valence-corrected chi connectivity index (χ2v) is 6.20. The summed E-state index contributed by atoms with van der Waals surface area (Å²) in [6.45, 7) is 0.375. The van der Waals surface area contributed by atoms with E-state index in [4.69, 9.17) is 14.2 Å². The SMILES string of the molecule is COCCn1c(=O)[nH]c2cc(C(=O)Nc3cc(OC)cc(OC)c3)ccc2c1=O. The van der Waals surface area contributed by atoms with Crippen LogP contribution < -0.4 is 26.0 Å². The Kier molecular flexibility index (Phi) is 5.99. The topological polar surface area (TPSA) is 112 Å². The van der Waals surface area contributed by atoms with Crippen LogP contribution in [0.15, 0.2) is 46.0 Å². The molecule has 1 amide bonds. The molecule has 29 heavy (non-hydrogen) atoms. The van der Waals surface area contributed by atoms with Gasteiger partial charge in [0.15, 0.2) is 0 Å².